The number of primary amides is 1. The van der Waals surface area contributed by atoms with Crippen molar-refractivity contribution >= 4 is 39.1 Å². The van der Waals surface area contributed by atoms with Gasteiger partial charge >= 0.3 is 0 Å². The Morgan fingerprint density at radius 1 is 1.04 bits per heavy atom. The van der Waals surface area contributed by atoms with Gasteiger partial charge in [-0.3, -0.25) is 4.79 Å². The zero-order chi connectivity index (χ0) is 17.0. The van der Waals surface area contributed by atoms with E-state index in [-0.39, 0.29) is 11.4 Å². The fraction of sp³-hybridized carbons (Fsp3) is 0.133. The summed E-state index contributed by atoms with van der Waals surface area (Å²) in [5, 5.41) is 0.894. The lowest BCUT2D eigenvalue weighted by Crippen LogP contribution is -2.38. The number of halogens is 2. The average Bonchev–Trinajstić information content (AvgIpc) is 2.46. The van der Waals surface area contributed by atoms with Crippen LogP contribution in [0.1, 0.15) is 5.56 Å². The fourth-order valence-corrected chi connectivity index (χ4v) is 3.73. The van der Waals surface area contributed by atoms with E-state index in [1.165, 1.54) is 24.3 Å². The molecule has 0 unspecified atom stereocenters. The Hall–Kier alpha value is -1.60. The standard InChI is InChI=1S/C15H14Cl2N2O3S/c16-12-4-6-14(7-5-12)23(21,22)19(10-15(18)20)9-11-2-1-3-13(17)8-11/h1-8H,9-10H2,(H2,18,20). The molecule has 23 heavy (non-hydrogen) atoms. The summed E-state index contributed by atoms with van der Waals surface area (Å²) in [4.78, 5) is 11.3. The van der Waals surface area contributed by atoms with Gasteiger partial charge in [0.05, 0.1) is 11.4 Å². The first kappa shape index (κ1) is 17.7. The second kappa shape index (κ2) is 7.31. The maximum atomic E-state index is 12.7. The van der Waals surface area contributed by atoms with Crippen molar-refractivity contribution in [1.29, 1.82) is 0 Å². The van der Waals surface area contributed by atoms with Crippen LogP contribution in [0.25, 0.3) is 0 Å². The minimum Gasteiger partial charge on any atom is -0.369 e. The fourth-order valence-electron chi connectivity index (χ4n) is 1.99. The third-order valence-electron chi connectivity index (χ3n) is 3.03. The number of nitrogens with zero attached hydrogens (tertiary/aromatic N) is 1. The zero-order valence-corrected chi connectivity index (χ0v) is 14.3. The number of hydrogen-bond acceptors (Lipinski definition) is 3. The smallest absolute Gasteiger partial charge is 0.243 e. The Labute approximate surface area is 144 Å². The van der Waals surface area contributed by atoms with E-state index in [0.29, 0.717) is 15.6 Å². The third-order valence-corrected chi connectivity index (χ3v) is 5.32. The summed E-state index contributed by atoms with van der Waals surface area (Å²) in [6.07, 6.45) is 0. The Bertz CT molecular complexity index is 808. The van der Waals surface area contributed by atoms with E-state index in [0.717, 1.165) is 4.31 Å². The van der Waals surface area contributed by atoms with Crippen LogP contribution in [0.4, 0.5) is 0 Å². The van der Waals surface area contributed by atoms with E-state index in [2.05, 4.69) is 0 Å². The maximum absolute atomic E-state index is 12.7. The van der Waals surface area contributed by atoms with Crippen molar-refractivity contribution in [3.05, 3.63) is 64.1 Å². The first-order chi connectivity index (χ1) is 10.8. The number of benzene rings is 2. The largest absolute Gasteiger partial charge is 0.369 e. The van der Waals surface area contributed by atoms with Gasteiger partial charge in [0.1, 0.15) is 0 Å². The van der Waals surface area contributed by atoms with E-state index >= 15 is 0 Å². The number of nitrogens with two attached hydrogens (primary N) is 1. The van der Waals surface area contributed by atoms with Crippen LogP contribution in [-0.4, -0.2) is 25.2 Å². The number of amides is 1. The summed E-state index contributed by atoms with van der Waals surface area (Å²) in [7, 11) is -3.89. The van der Waals surface area contributed by atoms with Crippen LogP contribution in [0.3, 0.4) is 0 Å². The molecule has 2 rings (SSSR count). The van der Waals surface area contributed by atoms with Crippen LogP contribution in [0.5, 0.6) is 0 Å². The molecule has 2 aromatic carbocycles. The molecule has 0 bridgehead atoms. The van der Waals surface area contributed by atoms with Crippen LogP contribution >= 0.6 is 23.2 Å². The summed E-state index contributed by atoms with van der Waals surface area (Å²) < 4.78 is 26.4. The lowest BCUT2D eigenvalue weighted by molar-refractivity contribution is -0.118. The van der Waals surface area contributed by atoms with Crippen molar-refractivity contribution in [1.82, 2.24) is 4.31 Å². The van der Waals surface area contributed by atoms with E-state index < -0.39 is 22.5 Å². The maximum Gasteiger partial charge on any atom is 0.243 e. The normalized spacial score (nSPS) is 11.6. The molecule has 0 saturated carbocycles. The van der Waals surface area contributed by atoms with Crippen molar-refractivity contribution in [2.24, 2.45) is 5.73 Å². The van der Waals surface area contributed by atoms with E-state index in [9.17, 15) is 13.2 Å². The Morgan fingerprint density at radius 3 is 2.26 bits per heavy atom. The van der Waals surface area contributed by atoms with Crippen molar-refractivity contribution in [3.8, 4) is 0 Å². The van der Waals surface area contributed by atoms with Crippen LogP contribution in [0, 0.1) is 0 Å². The van der Waals surface area contributed by atoms with Crippen LogP contribution in [0.15, 0.2) is 53.4 Å². The Balaban J connectivity index is 2.37. The zero-order valence-electron chi connectivity index (χ0n) is 11.9. The molecule has 0 spiro atoms. The SMILES string of the molecule is NC(=O)CN(Cc1cccc(Cl)c1)S(=O)(=O)c1ccc(Cl)cc1. The number of rotatable bonds is 6. The predicted octanol–water partition coefficient (Wildman–Crippen LogP) is 2.67. The molecule has 0 radical (unpaired) electrons. The van der Waals surface area contributed by atoms with E-state index in [1.807, 2.05) is 0 Å². The molecule has 0 heterocycles. The molecule has 122 valence electrons. The minimum absolute atomic E-state index is 0.0194. The van der Waals surface area contributed by atoms with Gasteiger partial charge in [-0.1, -0.05) is 35.3 Å². The molecule has 1 amide bonds. The van der Waals surface area contributed by atoms with Crippen molar-refractivity contribution in [3.63, 3.8) is 0 Å². The molecule has 0 aliphatic heterocycles. The summed E-state index contributed by atoms with van der Waals surface area (Å²) in [5.41, 5.74) is 5.83. The van der Waals surface area contributed by atoms with Gasteiger partial charge in [-0.2, -0.15) is 4.31 Å². The van der Waals surface area contributed by atoms with Gasteiger partial charge < -0.3 is 5.73 Å². The second-order valence-corrected chi connectivity index (χ2v) is 7.63. The first-order valence-electron chi connectivity index (χ1n) is 6.57. The molecule has 0 fully saturated rings. The van der Waals surface area contributed by atoms with Gasteiger partial charge in [-0.05, 0) is 42.0 Å². The third kappa shape index (κ3) is 4.68. The molecule has 0 aliphatic rings. The Morgan fingerprint density at radius 2 is 1.70 bits per heavy atom. The molecule has 0 aliphatic carbocycles. The number of sulfonamides is 1. The predicted molar refractivity (Wildman–Crippen MR) is 89.7 cm³/mol. The van der Waals surface area contributed by atoms with Gasteiger partial charge in [0.25, 0.3) is 0 Å². The van der Waals surface area contributed by atoms with E-state index in [4.69, 9.17) is 28.9 Å². The molecule has 0 atom stereocenters. The van der Waals surface area contributed by atoms with Gasteiger partial charge in [0.2, 0.25) is 15.9 Å². The highest BCUT2D eigenvalue weighted by Gasteiger charge is 2.26. The summed E-state index contributed by atoms with van der Waals surface area (Å²) >= 11 is 11.7. The molecular formula is C15H14Cl2N2O3S. The quantitative estimate of drug-likeness (QED) is 0.845. The highest BCUT2D eigenvalue weighted by atomic mass is 35.5. The van der Waals surface area contributed by atoms with E-state index in [1.54, 1.807) is 24.3 Å². The molecular weight excluding hydrogens is 359 g/mol. The molecule has 0 saturated heterocycles. The van der Waals surface area contributed by atoms with Crippen molar-refractivity contribution < 1.29 is 13.2 Å². The number of carbonyl (C=O) groups excluding carboxylic acids is 1. The van der Waals surface area contributed by atoms with Crippen LogP contribution in [0.2, 0.25) is 10.0 Å². The number of carbonyl (C=O) groups is 1. The van der Waals surface area contributed by atoms with Crippen molar-refractivity contribution in [2.45, 2.75) is 11.4 Å². The molecule has 0 aromatic heterocycles. The van der Waals surface area contributed by atoms with Crippen LogP contribution < -0.4 is 5.73 Å². The molecule has 2 aromatic rings. The topological polar surface area (TPSA) is 80.5 Å². The summed E-state index contributed by atoms with van der Waals surface area (Å²) in [6, 6.07) is 12.4. The lowest BCUT2D eigenvalue weighted by atomic mass is 10.2. The number of hydrogen-bond donors (Lipinski definition) is 1. The summed E-state index contributed by atoms with van der Waals surface area (Å²) in [5.74, 6) is -0.746. The van der Waals surface area contributed by atoms with Gasteiger partial charge in [-0.15, -0.1) is 0 Å². The highest BCUT2D eigenvalue weighted by Crippen LogP contribution is 2.21. The van der Waals surface area contributed by atoms with Crippen LogP contribution in [-0.2, 0) is 21.4 Å². The molecule has 8 heteroatoms. The molecule has 5 nitrogen and oxygen atoms in total. The minimum atomic E-state index is -3.89. The summed E-state index contributed by atoms with van der Waals surface area (Å²) in [6.45, 7) is -0.452. The average molecular weight is 373 g/mol. The monoisotopic (exact) mass is 372 g/mol. The Kier molecular flexibility index (Phi) is 5.64. The van der Waals surface area contributed by atoms with Crippen molar-refractivity contribution in [2.75, 3.05) is 6.54 Å². The highest BCUT2D eigenvalue weighted by molar-refractivity contribution is 7.89. The first-order valence-corrected chi connectivity index (χ1v) is 8.77. The lowest BCUT2D eigenvalue weighted by Gasteiger charge is -2.21. The molecule has 2 N–H and O–H groups in total. The van der Waals surface area contributed by atoms with Gasteiger partial charge in [0, 0.05) is 16.6 Å². The van der Waals surface area contributed by atoms with Gasteiger partial charge in [0.15, 0.2) is 0 Å². The second-order valence-electron chi connectivity index (χ2n) is 4.82. The van der Waals surface area contributed by atoms with Gasteiger partial charge in [-0.25, -0.2) is 8.42 Å².